The van der Waals surface area contributed by atoms with E-state index in [-0.39, 0.29) is 23.7 Å². The van der Waals surface area contributed by atoms with Crippen molar-refractivity contribution in [3.05, 3.63) is 58.2 Å². The van der Waals surface area contributed by atoms with Crippen LogP contribution in [0.1, 0.15) is 32.2 Å². The van der Waals surface area contributed by atoms with Crippen molar-refractivity contribution in [2.75, 3.05) is 7.11 Å². The van der Waals surface area contributed by atoms with Gasteiger partial charge in [0.05, 0.1) is 18.4 Å². The van der Waals surface area contributed by atoms with Gasteiger partial charge in [0.15, 0.2) is 18.0 Å². The first-order chi connectivity index (χ1) is 11.5. The van der Waals surface area contributed by atoms with Crippen molar-refractivity contribution >= 4 is 34.5 Å². The maximum atomic E-state index is 12.3. The van der Waals surface area contributed by atoms with Gasteiger partial charge in [-0.25, -0.2) is 9.59 Å². The quantitative estimate of drug-likeness (QED) is 0.659. The van der Waals surface area contributed by atoms with Gasteiger partial charge in [0.2, 0.25) is 5.76 Å². The Morgan fingerprint density at radius 2 is 2.00 bits per heavy atom. The van der Waals surface area contributed by atoms with Gasteiger partial charge in [-0.05, 0) is 19.1 Å². The van der Waals surface area contributed by atoms with Crippen molar-refractivity contribution in [1.29, 1.82) is 0 Å². The van der Waals surface area contributed by atoms with Crippen LogP contribution in [-0.2, 0) is 16.1 Å². The number of methoxy groups -OCH3 is 1. The van der Waals surface area contributed by atoms with Crippen LogP contribution in [0.3, 0.4) is 0 Å². The summed E-state index contributed by atoms with van der Waals surface area (Å²) in [5, 5.41) is 1.15. The van der Waals surface area contributed by atoms with Crippen LogP contribution >= 0.6 is 11.6 Å². The fraction of sp³-hybridized carbons (Fsp3) is 0.176. The van der Waals surface area contributed by atoms with Gasteiger partial charge in [-0.15, -0.1) is 0 Å². The van der Waals surface area contributed by atoms with Crippen LogP contribution in [0.2, 0.25) is 5.02 Å². The first-order valence-electron chi connectivity index (χ1n) is 7.02. The smallest absolute Gasteiger partial charge is 0.375 e. The molecule has 0 aliphatic heterocycles. The zero-order valence-electron chi connectivity index (χ0n) is 12.9. The van der Waals surface area contributed by atoms with Crippen molar-refractivity contribution in [2.45, 2.75) is 13.5 Å². The average Bonchev–Trinajstić information content (AvgIpc) is 3.18. The first kappa shape index (κ1) is 16.1. The molecule has 124 valence electrons. The lowest BCUT2D eigenvalue weighted by Gasteiger charge is -2.03. The van der Waals surface area contributed by atoms with Crippen LogP contribution in [0.25, 0.3) is 11.0 Å². The number of para-hydroxylation sites is 1. The standard InChI is InChI=1S/C17H13ClO6/c1-9-10-4-3-5-12(18)15(10)24-14(9)17(20)23-8-13-11(6-7-22-13)16(19)21-2/h3-7H,8H2,1-2H3. The second-order valence-electron chi connectivity index (χ2n) is 5.00. The summed E-state index contributed by atoms with van der Waals surface area (Å²) in [6, 6.07) is 6.70. The van der Waals surface area contributed by atoms with E-state index in [1.807, 2.05) is 0 Å². The lowest BCUT2D eigenvalue weighted by molar-refractivity contribution is 0.0400. The van der Waals surface area contributed by atoms with E-state index in [9.17, 15) is 9.59 Å². The normalized spacial score (nSPS) is 10.8. The Balaban J connectivity index is 1.81. The molecule has 0 saturated carbocycles. The van der Waals surface area contributed by atoms with E-state index in [1.54, 1.807) is 25.1 Å². The Labute approximate surface area is 141 Å². The summed E-state index contributed by atoms with van der Waals surface area (Å²) >= 11 is 6.06. The lowest BCUT2D eigenvalue weighted by Crippen LogP contribution is -2.08. The fourth-order valence-corrected chi connectivity index (χ4v) is 2.56. The van der Waals surface area contributed by atoms with E-state index in [1.165, 1.54) is 19.4 Å². The predicted molar refractivity (Wildman–Crippen MR) is 85.1 cm³/mol. The number of carbonyl (C=O) groups is 2. The molecule has 0 unspecified atom stereocenters. The van der Waals surface area contributed by atoms with Crippen LogP contribution in [0.5, 0.6) is 0 Å². The number of halogens is 1. The molecule has 6 nitrogen and oxygen atoms in total. The fourth-order valence-electron chi connectivity index (χ4n) is 2.34. The van der Waals surface area contributed by atoms with E-state index in [0.29, 0.717) is 16.2 Å². The molecule has 24 heavy (non-hydrogen) atoms. The molecule has 3 aromatic rings. The van der Waals surface area contributed by atoms with E-state index in [4.69, 9.17) is 25.2 Å². The third-order valence-corrected chi connectivity index (χ3v) is 3.88. The van der Waals surface area contributed by atoms with Gasteiger partial charge >= 0.3 is 11.9 Å². The van der Waals surface area contributed by atoms with E-state index >= 15 is 0 Å². The molecule has 1 aromatic carbocycles. The van der Waals surface area contributed by atoms with Gasteiger partial charge in [0.25, 0.3) is 0 Å². The Hall–Kier alpha value is -2.73. The number of hydrogen-bond acceptors (Lipinski definition) is 6. The van der Waals surface area contributed by atoms with Gasteiger partial charge in [0, 0.05) is 10.9 Å². The molecule has 0 aliphatic rings. The number of fused-ring (bicyclic) bond motifs is 1. The minimum absolute atomic E-state index is 0.0595. The van der Waals surface area contributed by atoms with Crippen LogP contribution in [0, 0.1) is 6.92 Å². The van der Waals surface area contributed by atoms with Crippen molar-refractivity contribution in [1.82, 2.24) is 0 Å². The molecule has 2 aromatic heterocycles. The number of ether oxygens (including phenoxy) is 2. The molecule has 0 amide bonds. The number of rotatable bonds is 4. The lowest BCUT2D eigenvalue weighted by atomic mass is 10.1. The number of esters is 2. The first-order valence-corrected chi connectivity index (χ1v) is 7.40. The summed E-state index contributed by atoms with van der Waals surface area (Å²) in [5.41, 5.74) is 1.26. The van der Waals surface area contributed by atoms with Crippen molar-refractivity contribution in [2.24, 2.45) is 0 Å². The minimum atomic E-state index is -0.674. The van der Waals surface area contributed by atoms with Gasteiger partial charge in [-0.3, -0.25) is 0 Å². The number of furan rings is 2. The Bertz CT molecular complexity index is 920. The zero-order chi connectivity index (χ0) is 17.3. The highest BCUT2D eigenvalue weighted by molar-refractivity contribution is 6.35. The highest BCUT2D eigenvalue weighted by atomic mass is 35.5. The van der Waals surface area contributed by atoms with Crippen LogP contribution in [-0.4, -0.2) is 19.0 Å². The molecular weight excluding hydrogens is 336 g/mol. The van der Waals surface area contributed by atoms with Gasteiger partial charge in [-0.1, -0.05) is 23.7 Å². The molecule has 3 rings (SSSR count). The summed E-state index contributed by atoms with van der Waals surface area (Å²) in [7, 11) is 1.26. The highest BCUT2D eigenvalue weighted by Gasteiger charge is 2.22. The van der Waals surface area contributed by atoms with Gasteiger partial charge < -0.3 is 18.3 Å². The van der Waals surface area contributed by atoms with Crippen molar-refractivity contribution in [3.63, 3.8) is 0 Å². The summed E-state index contributed by atoms with van der Waals surface area (Å²) in [6.45, 7) is 1.52. The highest BCUT2D eigenvalue weighted by Crippen LogP contribution is 2.31. The van der Waals surface area contributed by atoms with Crippen molar-refractivity contribution < 1.29 is 27.9 Å². The van der Waals surface area contributed by atoms with Crippen LogP contribution in [0.4, 0.5) is 0 Å². The second kappa shape index (κ2) is 6.41. The molecular formula is C17H13ClO6. The van der Waals surface area contributed by atoms with Crippen LogP contribution < -0.4 is 0 Å². The van der Waals surface area contributed by atoms with Gasteiger partial charge in [0.1, 0.15) is 5.56 Å². The molecule has 0 spiro atoms. The van der Waals surface area contributed by atoms with Crippen molar-refractivity contribution in [3.8, 4) is 0 Å². The van der Waals surface area contributed by atoms with E-state index < -0.39 is 11.9 Å². The summed E-state index contributed by atoms with van der Waals surface area (Å²) < 4.78 is 20.5. The molecule has 0 radical (unpaired) electrons. The summed E-state index contributed by atoms with van der Waals surface area (Å²) in [5.74, 6) is -0.986. The van der Waals surface area contributed by atoms with E-state index in [2.05, 4.69) is 4.74 Å². The molecule has 0 bridgehead atoms. The molecule has 0 atom stereocenters. The average molecular weight is 349 g/mol. The maximum absolute atomic E-state index is 12.3. The molecule has 0 N–H and O–H groups in total. The number of carbonyl (C=O) groups excluding carboxylic acids is 2. The topological polar surface area (TPSA) is 78.9 Å². The monoisotopic (exact) mass is 348 g/mol. The van der Waals surface area contributed by atoms with Crippen LogP contribution in [0.15, 0.2) is 39.4 Å². The summed E-state index contributed by atoms with van der Waals surface area (Å²) in [6.07, 6.45) is 1.32. The van der Waals surface area contributed by atoms with E-state index in [0.717, 1.165) is 5.39 Å². The third kappa shape index (κ3) is 2.76. The third-order valence-electron chi connectivity index (χ3n) is 3.59. The summed E-state index contributed by atoms with van der Waals surface area (Å²) in [4.78, 5) is 23.8. The molecule has 7 heteroatoms. The largest absolute Gasteiger partial charge is 0.465 e. The number of benzene rings is 1. The number of aryl methyl sites for hydroxylation is 1. The number of hydrogen-bond donors (Lipinski definition) is 0. The molecule has 2 heterocycles. The minimum Gasteiger partial charge on any atom is -0.465 e. The Morgan fingerprint density at radius 3 is 2.71 bits per heavy atom. The van der Waals surface area contributed by atoms with Gasteiger partial charge in [-0.2, -0.15) is 0 Å². The maximum Gasteiger partial charge on any atom is 0.375 e. The molecule has 0 saturated heterocycles. The predicted octanol–water partition coefficient (Wildman–Crippen LogP) is 4.13. The second-order valence-corrected chi connectivity index (χ2v) is 5.41. The Kier molecular flexibility index (Phi) is 4.31. The Morgan fingerprint density at radius 1 is 1.21 bits per heavy atom. The molecule has 0 aliphatic carbocycles. The molecule has 0 fully saturated rings. The zero-order valence-corrected chi connectivity index (χ0v) is 13.7. The SMILES string of the molecule is COC(=O)c1ccoc1COC(=O)c1oc2c(Cl)cccc2c1C.